The first kappa shape index (κ1) is 24.2. The molecule has 1 amide bonds. The van der Waals surface area contributed by atoms with E-state index >= 15 is 0 Å². The van der Waals surface area contributed by atoms with Crippen molar-refractivity contribution in [3.05, 3.63) is 88.2 Å². The van der Waals surface area contributed by atoms with E-state index in [9.17, 15) is 13.2 Å². The quantitative estimate of drug-likeness (QED) is 0.562. The second-order valence-electron chi connectivity index (χ2n) is 7.97. The maximum absolute atomic E-state index is 13.1. The van der Waals surface area contributed by atoms with Gasteiger partial charge in [0.25, 0.3) is 0 Å². The minimum Gasteiger partial charge on any atom is -0.325 e. The molecule has 0 aliphatic heterocycles. The van der Waals surface area contributed by atoms with Crippen molar-refractivity contribution in [3.63, 3.8) is 0 Å². The number of aryl methyl sites for hydroxylation is 2. The van der Waals surface area contributed by atoms with Gasteiger partial charge in [0.1, 0.15) is 5.69 Å². The second kappa shape index (κ2) is 9.99. The molecule has 170 valence electrons. The SMILES string of the molecule is Cc1cc(C)c(C)c(S(=O)(=O)NC(C)C(=O)Nc2cccc(C#Cc3ccccn3)c2)c1C. The van der Waals surface area contributed by atoms with Crippen molar-refractivity contribution >= 4 is 21.6 Å². The summed E-state index contributed by atoms with van der Waals surface area (Å²) >= 11 is 0. The fourth-order valence-electron chi connectivity index (χ4n) is 3.43. The molecule has 6 nitrogen and oxygen atoms in total. The van der Waals surface area contributed by atoms with E-state index in [4.69, 9.17) is 0 Å². The molecule has 7 heteroatoms. The molecule has 1 heterocycles. The van der Waals surface area contributed by atoms with E-state index in [-0.39, 0.29) is 4.90 Å². The molecule has 0 aliphatic carbocycles. The van der Waals surface area contributed by atoms with Gasteiger partial charge in [-0.05, 0) is 93.1 Å². The number of nitrogens with zero attached hydrogens (tertiary/aromatic N) is 1. The van der Waals surface area contributed by atoms with Crippen molar-refractivity contribution < 1.29 is 13.2 Å². The van der Waals surface area contributed by atoms with Crippen molar-refractivity contribution in [2.75, 3.05) is 5.32 Å². The molecule has 3 aromatic rings. The lowest BCUT2D eigenvalue weighted by Gasteiger charge is -2.19. The van der Waals surface area contributed by atoms with Crippen LogP contribution < -0.4 is 10.0 Å². The highest BCUT2D eigenvalue weighted by molar-refractivity contribution is 7.89. The van der Waals surface area contributed by atoms with Gasteiger partial charge in [0.05, 0.1) is 10.9 Å². The normalized spacial score (nSPS) is 11.9. The molecular weight excluding hydrogens is 434 g/mol. The van der Waals surface area contributed by atoms with Crippen LogP contribution in [0, 0.1) is 39.5 Å². The fraction of sp³-hybridized carbons (Fsp3) is 0.231. The van der Waals surface area contributed by atoms with Crippen molar-refractivity contribution in [2.24, 2.45) is 0 Å². The Kier molecular flexibility index (Phi) is 7.32. The molecule has 33 heavy (non-hydrogen) atoms. The van der Waals surface area contributed by atoms with Crippen LogP contribution in [0.25, 0.3) is 0 Å². The van der Waals surface area contributed by atoms with Crippen LogP contribution in [0.4, 0.5) is 5.69 Å². The number of hydrogen-bond acceptors (Lipinski definition) is 4. The second-order valence-corrected chi connectivity index (χ2v) is 9.62. The van der Waals surface area contributed by atoms with Crippen LogP contribution in [0.5, 0.6) is 0 Å². The lowest BCUT2D eigenvalue weighted by molar-refractivity contribution is -0.117. The van der Waals surface area contributed by atoms with E-state index in [1.165, 1.54) is 6.92 Å². The van der Waals surface area contributed by atoms with Crippen molar-refractivity contribution in [3.8, 4) is 11.8 Å². The first-order valence-electron chi connectivity index (χ1n) is 10.5. The number of pyridine rings is 1. The van der Waals surface area contributed by atoms with Gasteiger partial charge in [-0.15, -0.1) is 0 Å². The lowest BCUT2D eigenvalue weighted by atomic mass is 10.0. The predicted molar refractivity (Wildman–Crippen MR) is 130 cm³/mol. The van der Waals surface area contributed by atoms with E-state index in [2.05, 4.69) is 26.9 Å². The Morgan fingerprint density at radius 2 is 1.64 bits per heavy atom. The number of nitrogens with one attached hydrogen (secondary N) is 2. The van der Waals surface area contributed by atoms with E-state index in [0.717, 1.165) is 11.1 Å². The van der Waals surface area contributed by atoms with Gasteiger partial charge in [-0.3, -0.25) is 4.79 Å². The van der Waals surface area contributed by atoms with Crippen LogP contribution in [-0.4, -0.2) is 25.4 Å². The average molecular weight is 462 g/mol. The van der Waals surface area contributed by atoms with Crippen LogP contribution in [0.15, 0.2) is 59.6 Å². The van der Waals surface area contributed by atoms with Gasteiger partial charge in [-0.25, -0.2) is 13.4 Å². The van der Waals surface area contributed by atoms with Crippen molar-refractivity contribution in [2.45, 2.75) is 45.6 Å². The van der Waals surface area contributed by atoms with Gasteiger partial charge < -0.3 is 5.32 Å². The van der Waals surface area contributed by atoms with E-state index in [1.54, 1.807) is 38.2 Å². The number of amides is 1. The van der Waals surface area contributed by atoms with Crippen molar-refractivity contribution in [1.82, 2.24) is 9.71 Å². The predicted octanol–water partition coefficient (Wildman–Crippen LogP) is 4.02. The zero-order chi connectivity index (χ0) is 24.2. The minimum absolute atomic E-state index is 0.228. The Morgan fingerprint density at radius 3 is 2.27 bits per heavy atom. The summed E-state index contributed by atoms with van der Waals surface area (Å²) in [5, 5.41) is 2.76. The highest BCUT2D eigenvalue weighted by Crippen LogP contribution is 2.26. The Morgan fingerprint density at radius 1 is 0.939 bits per heavy atom. The first-order chi connectivity index (χ1) is 15.6. The number of sulfonamides is 1. The van der Waals surface area contributed by atoms with E-state index in [0.29, 0.717) is 28.1 Å². The van der Waals surface area contributed by atoms with Gasteiger partial charge in [0, 0.05) is 17.4 Å². The summed E-state index contributed by atoms with van der Waals surface area (Å²) in [5.41, 5.74) is 5.01. The van der Waals surface area contributed by atoms with Crippen LogP contribution in [0.2, 0.25) is 0 Å². The third-order valence-corrected chi connectivity index (χ3v) is 7.23. The maximum Gasteiger partial charge on any atom is 0.242 e. The first-order valence-corrected chi connectivity index (χ1v) is 12.0. The van der Waals surface area contributed by atoms with Crippen LogP contribution >= 0.6 is 0 Å². The summed E-state index contributed by atoms with van der Waals surface area (Å²) < 4.78 is 28.7. The molecule has 2 aromatic carbocycles. The van der Waals surface area contributed by atoms with Crippen LogP contribution in [-0.2, 0) is 14.8 Å². The largest absolute Gasteiger partial charge is 0.325 e. The van der Waals surface area contributed by atoms with Gasteiger partial charge in [-0.1, -0.05) is 24.1 Å². The molecule has 0 saturated carbocycles. The number of rotatable bonds is 5. The molecule has 0 saturated heterocycles. The Labute approximate surface area is 195 Å². The molecule has 0 bridgehead atoms. The van der Waals surface area contributed by atoms with Crippen LogP contribution in [0.1, 0.15) is 40.4 Å². The molecule has 0 fully saturated rings. The zero-order valence-corrected chi connectivity index (χ0v) is 20.2. The third kappa shape index (κ3) is 5.86. The van der Waals surface area contributed by atoms with Gasteiger partial charge in [-0.2, -0.15) is 4.72 Å². The minimum atomic E-state index is -3.89. The number of aromatic nitrogens is 1. The molecule has 0 spiro atoms. The van der Waals surface area contributed by atoms with Crippen LogP contribution in [0.3, 0.4) is 0 Å². The molecule has 1 unspecified atom stereocenters. The molecule has 0 aliphatic rings. The third-order valence-electron chi connectivity index (χ3n) is 5.42. The zero-order valence-electron chi connectivity index (χ0n) is 19.4. The summed E-state index contributed by atoms with van der Waals surface area (Å²) in [6.07, 6.45) is 1.67. The monoisotopic (exact) mass is 461 g/mol. The number of anilines is 1. The number of hydrogen-bond donors (Lipinski definition) is 2. The lowest BCUT2D eigenvalue weighted by Crippen LogP contribution is -2.42. The fourth-order valence-corrected chi connectivity index (χ4v) is 5.25. The summed E-state index contributed by atoms with van der Waals surface area (Å²) in [7, 11) is -3.89. The molecule has 3 rings (SSSR count). The Balaban J connectivity index is 1.75. The Hall–Kier alpha value is -3.47. The molecule has 1 aromatic heterocycles. The number of benzene rings is 2. The average Bonchev–Trinajstić information content (AvgIpc) is 2.77. The summed E-state index contributed by atoms with van der Waals surface area (Å²) in [6.45, 7) is 8.82. The molecule has 0 radical (unpaired) electrons. The number of carbonyl (C=O) groups excluding carboxylic acids is 1. The van der Waals surface area contributed by atoms with E-state index < -0.39 is 22.0 Å². The maximum atomic E-state index is 13.1. The summed E-state index contributed by atoms with van der Waals surface area (Å²) in [4.78, 5) is 17.1. The Bertz CT molecular complexity index is 1330. The smallest absolute Gasteiger partial charge is 0.242 e. The van der Waals surface area contributed by atoms with Gasteiger partial charge in [0.2, 0.25) is 15.9 Å². The highest BCUT2D eigenvalue weighted by atomic mass is 32.2. The summed E-state index contributed by atoms with van der Waals surface area (Å²) in [6, 6.07) is 13.5. The summed E-state index contributed by atoms with van der Waals surface area (Å²) in [5.74, 6) is 5.51. The molecule has 1 atom stereocenters. The van der Waals surface area contributed by atoms with E-state index in [1.807, 2.05) is 44.2 Å². The molecular formula is C26H27N3O3S. The molecule has 2 N–H and O–H groups in total. The van der Waals surface area contributed by atoms with Crippen molar-refractivity contribution in [1.29, 1.82) is 0 Å². The topological polar surface area (TPSA) is 88.2 Å². The van der Waals surface area contributed by atoms with Gasteiger partial charge >= 0.3 is 0 Å². The highest BCUT2D eigenvalue weighted by Gasteiger charge is 2.26. The standard InChI is InChI=1S/C26H27N3O3S/c1-17-15-18(2)20(4)25(19(17)3)33(31,32)29-21(5)26(30)28-24-11-8-9-22(16-24)12-13-23-10-6-7-14-27-23/h6-11,14-16,21,29H,1-5H3,(H,28,30). The van der Waals surface area contributed by atoms with Gasteiger partial charge in [0.15, 0.2) is 0 Å². The number of carbonyl (C=O) groups is 1.